The van der Waals surface area contributed by atoms with E-state index < -0.39 is 18.0 Å². The Kier molecular flexibility index (Phi) is 9.23. The highest BCUT2D eigenvalue weighted by molar-refractivity contribution is 5.60. The van der Waals surface area contributed by atoms with Crippen LogP contribution in [0.2, 0.25) is 0 Å². The molecule has 0 aliphatic heterocycles. The minimum atomic E-state index is -1.05. The van der Waals surface area contributed by atoms with Crippen molar-refractivity contribution in [1.82, 2.24) is 5.01 Å². The van der Waals surface area contributed by atoms with E-state index in [1.165, 1.54) is 11.9 Å². The molecular formula is C13H27N3O6. The maximum Gasteiger partial charge on any atom is 0.511 e. The molecule has 0 rings (SSSR count). The summed E-state index contributed by atoms with van der Waals surface area (Å²) >= 11 is 0. The summed E-state index contributed by atoms with van der Waals surface area (Å²) in [4.78, 5) is 16.4. The van der Waals surface area contributed by atoms with E-state index in [9.17, 15) is 10.0 Å². The van der Waals surface area contributed by atoms with Crippen LogP contribution in [-0.2, 0) is 14.3 Å². The molecule has 0 aliphatic rings. The monoisotopic (exact) mass is 321 g/mol. The maximum atomic E-state index is 11.6. The molecule has 0 aromatic rings. The predicted octanol–water partition coefficient (Wildman–Crippen LogP) is 2.19. The minimum Gasteiger partial charge on any atom is -0.569 e. The first kappa shape index (κ1) is 20.2. The Morgan fingerprint density at radius 3 is 2.55 bits per heavy atom. The highest BCUT2D eigenvalue weighted by atomic mass is 16.8. The van der Waals surface area contributed by atoms with Crippen molar-refractivity contribution in [2.75, 3.05) is 20.2 Å². The summed E-state index contributed by atoms with van der Waals surface area (Å²) in [5.41, 5.74) is -0.673. The van der Waals surface area contributed by atoms with E-state index in [-0.39, 0.29) is 11.6 Å². The molecule has 9 nitrogen and oxygen atoms in total. The standard InChI is InChI=1S/C13H27N3O6/c1-11(20-12(18)21-13(2,3)4)22-14-16(19)15(5)9-7-6-8-10-17/h11,17H,6-10H2,1-5H3. The van der Waals surface area contributed by atoms with Crippen molar-refractivity contribution in [2.24, 2.45) is 5.28 Å². The van der Waals surface area contributed by atoms with E-state index in [4.69, 9.17) is 19.4 Å². The second kappa shape index (κ2) is 10.0. The highest BCUT2D eigenvalue weighted by Gasteiger charge is 2.20. The number of ether oxygens (including phenoxy) is 2. The number of carbonyl (C=O) groups excluding carboxylic acids is 1. The number of nitrogens with zero attached hydrogens (tertiary/aromatic N) is 3. The van der Waals surface area contributed by atoms with Gasteiger partial charge in [0.15, 0.2) is 0 Å². The van der Waals surface area contributed by atoms with E-state index in [2.05, 4.69) is 5.28 Å². The Morgan fingerprint density at radius 2 is 2.00 bits per heavy atom. The minimum absolute atomic E-state index is 0.137. The van der Waals surface area contributed by atoms with E-state index in [0.29, 0.717) is 13.0 Å². The zero-order chi connectivity index (χ0) is 17.2. The Hall–Kier alpha value is -1.77. The number of rotatable bonds is 9. The number of hydrogen-bond acceptors (Lipinski definition) is 7. The molecule has 0 aromatic heterocycles. The van der Waals surface area contributed by atoms with Crippen LogP contribution in [0.4, 0.5) is 4.79 Å². The van der Waals surface area contributed by atoms with E-state index in [1.54, 1.807) is 27.8 Å². The smallest absolute Gasteiger partial charge is 0.511 e. The highest BCUT2D eigenvalue weighted by Crippen LogP contribution is 2.09. The number of aliphatic hydroxyl groups excluding tert-OH is 1. The van der Waals surface area contributed by atoms with E-state index in [0.717, 1.165) is 12.8 Å². The van der Waals surface area contributed by atoms with Gasteiger partial charge in [0, 0.05) is 13.5 Å². The third-order valence-corrected chi connectivity index (χ3v) is 2.35. The average Bonchev–Trinajstić information content (AvgIpc) is 2.38. The van der Waals surface area contributed by atoms with Gasteiger partial charge in [-0.3, -0.25) is 4.84 Å². The fourth-order valence-electron chi connectivity index (χ4n) is 1.31. The molecule has 1 unspecified atom stereocenters. The molecule has 0 fully saturated rings. The normalized spacial score (nSPS) is 13.5. The number of hydrazine groups is 1. The van der Waals surface area contributed by atoms with Crippen LogP contribution in [0.1, 0.15) is 47.0 Å². The van der Waals surface area contributed by atoms with Gasteiger partial charge in [-0.25, -0.2) is 4.79 Å². The van der Waals surface area contributed by atoms with Crippen molar-refractivity contribution in [3.05, 3.63) is 5.21 Å². The Labute approximate surface area is 131 Å². The molecule has 0 saturated carbocycles. The Bertz CT molecular complexity index is 356. The summed E-state index contributed by atoms with van der Waals surface area (Å²) in [6, 6.07) is 0. The van der Waals surface area contributed by atoms with Crippen molar-refractivity contribution >= 4 is 6.16 Å². The van der Waals surface area contributed by atoms with Crippen LogP contribution in [0.15, 0.2) is 5.28 Å². The van der Waals surface area contributed by atoms with Crippen LogP contribution in [0, 0.1) is 5.21 Å². The molecule has 1 N–H and O–H groups in total. The molecule has 9 heteroatoms. The molecule has 130 valence electrons. The van der Waals surface area contributed by atoms with Crippen LogP contribution < -0.4 is 0 Å². The fraction of sp³-hybridized carbons (Fsp3) is 0.923. The van der Waals surface area contributed by atoms with Crippen LogP contribution in [0.3, 0.4) is 0 Å². The summed E-state index contributed by atoms with van der Waals surface area (Å²) in [6.07, 6.45) is 0.309. The van der Waals surface area contributed by atoms with Gasteiger partial charge in [0.05, 0.1) is 18.6 Å². The summed E-state index contributed by atoms with van der Waals surface area (Å²) in [7, 11) is 1.55. The lowest BCUT2D eigenvalue weighted by Gasteiger charge is -2.20. The third-order valence-electron chi connectivity index (χ3n) is 2.35. The molecular weight excluding hydrogens is 294 g/mol. The molecule has 0 amide bonds. The van der Waals surface area contributed by atoms with Gasteiger partial charge < -0.3 is 19.8 Å². The lowest BCUT2D eigenvalue weighted by Crippen LogP contribution is -2.29. The number of unbranched alkanes of at least 4 members (excludes halogenated alkanes) is 2. The molecule has 1 atom stereocenters. The summed E-state index contributed by atoms with van der Waals surface area (Å²) in [6.45, 7) is 7.14. The quantitative estimate of drug-likeness (QED) is 0.173. The molecule has 0 radical (unpaired) electrons. The maximum absolute atomic E-state index is 11.6. The Morgan fingerprint density at radius 1 is 1.36 bits per heavy atom. The third kappa shape index (κ3) is 11.0. The summed E-state index contributed by atoms with van der Waals surface area (Å²) < 4.78 is 9.71. The first-order valence-corrected chi connectivity index (χ1v) is 7.21. The van der Waals surface area contributed by atoms with Crippen molar-refractivity contribution in [3.63, 3.8) is 0 Å². The van der Waals surface area contributed by atoms with Gasteiger partial charge >= 0.3 is 6.16 Å². The zero-order valence-corrected chi connectivity index (χ0v) is 13.9. The van der Waals surface area contributed by atoms with Gasteiger partial charge in [0.2, 0.25) is 5.28 Å². The Balaban J connectivity index is 4.08. The number of carbonyl (C=O) groups is 1. The molecule has 22 heavy (non-hydrogen) atoms. The van der Waals surface area contributed by atoms with Gasteiger partial charge in [-0.1, -0.05) is 0 Å². The van der Waals surface area contributed by atoms with Crippen LogP contribution in [-0.4, -0.2) is 53.3 Å². The summed E-state index contributed by atoms with van der Waals surface area (Å²) in [5.74, 6) is 0. The summed E-state index contributed by atoms with van der Waals surface area (Å²) in [5, 5.41) is 24.8. The van der Waals surface area contributed by atoms with Crippen molar-refractivity contribution in [1.29, 1.82) is 0 Å². The number of hydrogen-bond donors (Lipinski definition) is 1. The van der Waals surface area contributed by atoms with Crippen LogP contribution in [0.5, 0.6) is 0 Å². The molecule has 0 heterocycles. The first-order valence-electron chi connectivity index (χ1n) is 7.21. The lowest BCUT2D eigenvalue weighted by atomic mass is 10.2. The largest absolute Gasteiger partial charge is 0.569 e. The molecule has 0 bridgehead atoms. The van der Waals surface area contributed by atoms with Crippen molar-refractivity contribution < 1.29 is 29.2 Å². The zero-order valence-electron chi connectivity index (χ0n) is 13.9. The lowest BCUT2D eigenvalue weighted by molar-refractivity contribution is -0.707. The van der Waals surface area contributed by atoms with Gasteiger partial charge in [0.25, 0.3) is 6.29 Å². The average molecular weight is 321 g/mol. The van der Waals surface area contributed by atoms with E-state index in [1.807, 2.05) is 0 Å². The predicted molar refractivity (Wildman–Crippen MR) is 77.5 cm³/mol. The van der Waals surface area contributed by atoms with Crippen molar-refractivity contribution in [2.45, 2.75) is 58.8 Å². The van der Waals surface area contributed by atoms with E-state index >= 15 is 0 Å². The second-order valence-electron chi connectivity index (χ2n) is 5.76. The van der Waals surface area contributed by atoms with Gasteiger partial charge in [-0.05, 0) is 40.0 Å². The first-order chi connectivity index (χ1) is 10.2. The topological polar surface area (TPSA) is 107 Å². The van der Waals surface area contributed by atoms with Gasteiger partial charge in [-0.15, -0.1) is 5.01 Å². The van der Waals surface area contributed by atoms with Crippen molar-refractivity contribution in [3.8, 4) is 0 Å². The molecule has 0 saturated heterocycles. The van der Waals surface area contributed by atoms with Crippen LogP contribution in [0.25, 0.3) is 0 Å². The van der Waals surface area contributed by atoms with Crippen LogP contribution >= 0.6 is 0 Å². The van der Waals surface area contributed by atoms with Gasteiger partial charge in [0.1, 0.15) is 5.60 Å². The van der Waals surface area contributed by atoms with Gasteiger partial charge in [-0.2, -0.15) is 0 Å². The second-order valence-corrected chi connectivity index (χ2v) is 5.76. The molecule has 0 aromatic carbocycles. The molecule has 0 spiro atoms. The number of aliphatic hydroxyl groups is 1. The SMILES string of the molecule is CC(ON=[N+]([O-])N(C)CCCCCO)OC(=O)OC(C)(C)C. The molecule has 0 aliphatic carbocycles. The fourth-order valence-corrected chi connectivity index (χ4v) is 1.31.